The number of imide groups is 1. The van der Waals surface area contributed by atoms with Crippen LogP contribution in [0.25, 0.3) is 0 Å². The third kappa shape index (κ3) is 1.21. The number of urea groups is 1. The molecule has 0 spiro atoms. The number of methoxy groups -OCH3 is 1. The van der Waals surface area contributed by atoms with Crippen LogP contribution in [0.4, 0.5) is 4.79 Å². The zero-order valence-corrected chi connectivity index (χ0v) is 9.39. The zero-order chi connectivity index (χ0) is 11.3. The first-order valence-corrected chi connectivity index (χ1v) is 5.89. The van der Waals surface area contributed by atoms with Gasteiger partial charge in [0, 0.05) is 26.1 Å². The van der Waals surface area contributed by atoms with Crippen molar-refractivity contribution in [3.63, 3.8) is 0 Å². The lowest BCUT2D eigenvalue weighted by Gasteiger charge is -2.33. The molecule has 2 atom stereocenters. The average molecular weight is 224 g/mol. The molecule has 2 heterocycles. The molecular weight excluding hydrogens is 208 g/mol. The number of nitrogens with zero attached hydrogens (tertiary/aromatic N) is 2. The van der Waals surface area contributed by atoms with E-state index in [1.165, 1.54) is 4.90 Å². The monoisotopic (exact) mass is 224 g/mol. The molecule has 3 aliphatic rings. The van der Waals surface area contributed by atoms with Gasteiger partial charge in [-0.3, -0.25) is 9.69 Å². The molecule has 2 unspecified atom stereocenters. The molecule has 3 amide bonds. The molecule has 0 aromatic rings. The number of hydrogen-bond donors (Lipinski definition) is 0. The number of hydrogen-bond acceptors (Lipinski definition) is 3. The topological polar surface area (TPSA) is 49.9 Å². The van der Waals surface area contributed by atoms with Crippen LogP contribution in [0.3, 0.4) is 0 Å². The highest BCUT2D eigenvalue weighted by atomic mass is 16.5. The Morgan fingerprint density at radius 2 is 2.06 bits per heavy atom. The highest BCUT2D eigenvalue weighted by molar-refractivity contribution is 6.05. The van der Waals surface area contributed by atoms with Crippen LogP contribution in [0.2, 0.25) is 0 Å². The Bertz CT molecular complexity index is 316. The van der Waals surface area contributed by atoms with Gasteiger partial charge in [-0.05, 0) is 19.3 Å². The highest BCUT2D eigenvalue weighted by Crippen LogP contribution is 2.35. The predicted octanol–water partition coefficient (Wildman–Crippen LogP) is 0.590. The minimum atomic E-state index is -0.252. The predicted molar refractivity (Wildman–Crippen MR) is 55.8 cm³/mol. The Balaban J connectivity index is 1.79. The SMILES string of the molecule is COC1CC2C(=O)N(C3CCC3)C(=O)N2C1. The van der Waals surface area contributed by atoms with Crippen molar-refractivity contribution in [1.82, 2.24) is 9.80 Å². The van der Waals surface area contributed by atoms with Gasteiger partial charge in [0.2, 0.25) is 0 Å². The second kappa shape index (κ2) is 3.45. The molecule has 1 saturated carbocycles. The van der Waals surface area contributed by atoms with E-state index in [0.717, 1.165) is 19.3 Å². The van der Waals surface area contributed by atoms with Crippen molar-refractivity contribution in [3.05, 3.63) is 0 Å². The van der Waals surface area contributed by atoms with Gasteiger partial charge in [0.05, 0.1) is 6.10 Å². The van der Waals surface area contributed by atoms with Crippen molar-refractivity contribution in [2.45, 2.75) is 43.9 Å². The third-order valence-electron chi connectivity index (χ3n) is 4.01. The molecule has 3 fully saturated rings. The summed E-state index contributed by atoms with van der Waals surface area (Å²) < 4.78 is 5.22. The fourth-order valence-corrected chi connectivity index (χ4v) is 2.79. The van der Waals surface area contributed by atoms with E-state index < -0.39 is 0 Å². The van der Waals surface area contributed by atoms with Crippen LogP contribution in [0.5, 0.6) is 0 Å². The highest BCUT2D eigenvalue weighted by Gasteiger charge is 2.53. The summed E-state index contributed by atoms with van der Waals surface area (Å²) in [5.74, 6) is -0.00532. The molecule has 2 saturated heterocycles. The number of fused-ring (bicyclic) bond motifs is 1. The number of ether oxygens (including phenoxy) is 1. The zero-order valence-electron chi connectivity index (χ0n) is 9.39. The maximum Gasteiger partial charge on any atom is 0.327 e. The van der Waals surface area contributed by atoms with Crippen LogP contribution in [0.1, 0.15) is 25.7 Å². The lowest BCUT2D eigenvalue weighted by molar-refractivity contribution is -0.130. The van der Waals surface area contributed by atoms with Crippen LogP contribution in [0, 0.1) is 0 Å². The van der Waals surface area contributed by atoms with Crippen molar-refractivity contribution in [1.29, 1.82) is 0 Å². The van der Waals surface area contributed by atoms with E-state index in [-0.39, 0.29) is 30.1 Å². The second-order valence-corrected chi connectivity index (χ2v) is 4.84. The minimum absolute atomic E-state index is 0.00532. The van der Waals surface area contributed by atoms with Gasteiger partial charge >= 0.3 is 6.03 Å². The summed E-state index contributed by atoms with van der Waals surface area (Å²) >= 11 is 0. The van der Waals surface area contributed by atoms with Gasteiger partial charge in [0.1, 0.15) is 6.04 Å². The van der Waals surface area contributed by atoms with Crippen LogP contribution in [0.15, 0.2) is 0 Å². The van der Waals surface area contributed by atoms with Crippen molar-refractivity contribution in [3.8, 4) is 0 Å². The molecule has 1 aliphatic carbocycles. The number of carbonyl (C=O) groups is 2. The van der Waals surface area contributed by atoms with Crippen molar-refractivity contribution in [2.75, 3.05) is 13.7 Å². The molecule has 5 nitrogen and oxygen atoms in total. The van der Waals surface area contributed by atoms with Crippen LogP contribution in [-0.4, -0.2) is 53.6 Å². The normalized spacial score (nSPS) is 34.6. The van der Waals surface area contributed by atoms with E-state index in [0.29, 0.717) is 13.0 Å². The van der Waals surface area contributed by atoms with E-state index in [1.807, 2.05) is 0 Å². The van der Waals surface area contributed by atoms with Crippen LogP contribution in [-0.2, 0) is 9.53 Å². The minimum Gasteiger partial charge on any atom is -0.380 e. The van der Waals surface area contributed by atoms with E-state index in [9.17, 15) is 9.59 Å². The standard InChI is InChI=1S/C11H16N2O3/c1-16-8-5-9-10(14)13(7-3-2-4-7)11(15)12(9)6-8/h7-9H,2-6H2,1H3. The van der Waals surface area contributed by atoms with Gasteiger partial charge in [-0.25, -0.2) is 4.79 Å². The summed E-state index contributed by atoms with van der Waals surface area (Å²) in [6.07, 6.45) is 3.77. The molecule has 0 aromatic heterocycles. The summed E-state index contributed by atoms with van der Waals surface area (Å²) in [5.41, 5.74) is 0. The molecule has 16 heavy (non-hydrogen) atoms. The Kier molecular flexibility index (Phi) is 2.17. The number of rotatable bonds is 2. The summed E-state index contributed by atoms with van der Waals surface area (Å²) in [5, 5.41) is 0. The number of carbonyl (C=O) groups excluding carboxylic acids is 2. The van der Waals surface area contributed by atoms with Gasteiger partial charge in [-0.1, -0.05) is 0 Å². The van der Waals surface area contributed by atoms with E-state index in [2.05, 4.69) is 0 Å². The van der Waals surface area contributed by atoms with Crippen molar-refractivity contribution in [2.24, 2.45) is 0 Å². The largest absolute Gasteiger partial charge is 0.380 e. The molecule has 0 aromatic carbocycles. The lowest BCUT2D eigenvalue weighted by Crippen LogP contribution is -2.46. The second-order valence-electron chi connectivity index (χ2n) is 4.84. The molecule has 5 heteroatoms. The van der Waals surface area contributed by atoms with E-state index >= 15 is 0 Å². The molecule has 0 radical (unpaired) electrons. The van der Waals surface area contributed by atoms with Crippen molar-refractivity contribution >= 4 is 11.9 Å². The Hall–Kier alpha value is -1.10. The van der Waals surface area contributed by atoms with E-state index in [4.69, 9.17) is 4.74 Å². The fourth-order valence-electron chi connectivity index (χ4n) is 2.79. The Morgan fingerprint density at radius 1 is 1.31 bits per heavy atom. The van der Waals surface area contributed by atoms with Gasteiger partial charge in [-0.15, -0.1) is 0 Å². The van der Waals surface area contributed by atoms with Gasteiger partial charge in [0.25, 0.3) is 5.91 Å². The van der Waals surface area contributed by atoms with E-state index in [1.54, 1.807) is 12.0 Å². The Morgan fingerprint density at radius 3 is 2.56 bits per heavy atom. The quantitative estimate of drug-likeness (QED) is 0.645. The summed E-state index contributed by atoms with van der Waals surface area (Å²) in [4.78, 5) is 27.3. The smallest absolute Gasteiger partial charge is 0.327 e. The summed E-state index contributed by atoms with van der Waals surface area (Å²) in [6.45, 7) is 0.564. The fraction of sp³-hybridized carbons (Fsp3) is 0.818. The molecule has 3 rings (SSSR count). The first-order valence-electron chi connectivity index (χ1n) is 5.89. The van der Waals surface area contributed by atoms with Crippen LogP contribution < -0.4 is 0 Å². The lowest BCUT2D eigenvalue weighted by atomic mass is 9.91. The first kappa shape index (κ1) is 10.1. The number of amides is 3. The Labute approximate surface area is 94.3 Å². The first-order chi connectivity index (χ1) is 7.72. The van der Waals surface area contributed by atoms with Gasteiger partial charge in [-0.2, -0.15) is 0 Å². The maximum atomic E-state index is 12.1. The molecule has 2 aliphatic heterocycles. The molecule has 0 bridgehead atoms. The third-order valence-corrected chi connectivity index (χ3v) is 4.01. The molecule has 0 N–H and O–H groups in total. The molecular formula is C11H16N2O3. The van der Waals surface area contributed by atoms with Gasteiger partial charge < -0.3 is 9.64 Å². The summed E-state index contributed by atoms with van der Waals surface area (Å²) in [7, 11) is 1.63. The average Bonchev–Trinajstić information content (AvgIpc) is 2.72. The van der Waals surface area contributed by atoms with Gasteiger partial charge in [0.15, 0.2) is 0 Å². The maximum absolute atomic E-state index is 12.1. The van der Waals surface area contributed by atoms with Crippen molar-refractivity contribution < 1.29 is 14.3 Å². The van der Waals surface area contributed by atoms with Crippen LogP contribution >= 0.6 is 0 Å². The molecule has 88 valence electrons. The summed E-state index contributed by atoms with van der Waals surface area (Å²) in [6, 6.07) is -0.177.